The fourth-order valence-corrected chi connectivity index (χ4v) is 4.27. The van der Waals surface area contributed by atoms with E-state index >= 15 is 0 Å². The molecule has 2 saturated heterocycles. The number of thiazole rings is 1. The van der Waals surface area contributed by atoms with Crippen LogP contribution in [0.15, 0.2) is 23.8 Å². The lowest BCUT2D eigenvalue weighted by molar-refractivity contribution is -0.00252. The lowest BCUT2D eigenvalue weighted by atomic mass is 9.82. The molecule has 2 fully saturated rings. The summed E-state index contributed by atoms with van der Waals surface area (Å²) in [6, 6.07) is 1.83. The molecule has 0 N–H and O–H groups in total. The third-order valence-corrected chi connectivity index (χ3v) is 5.50. The van der Waals surface area contributed by atoms with E-state index in [-0.39, 0.29) is 0 Å². The summed E-state index contributed by atoms with van der Waals surface area (Å²) in [6.07, 6.45) is 7.29. The van der Waals surface area contributed by atoms with E-state index in [0.717, 1.165) is 49.4 Å². The maximum absolute atomic E-state index is 5.71. The second-order valence-electron chi connectivity index (χ2n) is 6.33. The van der Waals surface area contributed by atoms with Gasteiger partial charge in [-0.2, -0.15) is 0 Å². The van der Waals surface area contributed by atoms with Crippen LogP contribution in [0.1, 0.15) is 25.0 Å². The van der Waals surface area contributed by atoms with Crippen LogP contribution in [0.3, 0.4) is 0 Å². The first-order chi connectivity index (χ1) is 10.8. The molecule has 116 valence electrons. The highest BCUT2D eigenvalue weighted by Gasteiger charge is 2.39. The van der Waals surface area contributed by atoms with Crippen LogP contribution in [-0.2, 0) is 11.3 Å². The van der Waals surface area contributed by atoms with Crippen molar-refractivity contribution in [1.82, 2.24) is 19.9 Å². The number of aromatic nitrogens is 3. The summed E-state index contributed by atoms with van der Waals surface area (Å²) < 4.78 is 5.71. The van der Waals surface area contributed by atoms with Crippen molar-refractivity contribution in [1.29, 1.82) is 0 Å². The Bertz CT molecular complexity index is 624. The number of hydrogen-bond donors (Lipinski definition) is 0. The van der Waals surface area contributed by atoms with Gasteiger partial charge in [0.1, 0.15) is 0 Å². The molecule has 2 aromatic rings. The number of ether oxygens (including phenoxy) is 1. The second-order valence-corrected chi connectivity index (χ2v) is 7.19. The molecule has 2 aromatic heterocycles. The van der Waals surface area contributed by atoms with Crippen LogP contribution in [0.2, 0.25) is 0 Å². The predicted octanol–water partition coefficient (Wildman–Crippen LogP) is 2.60. The highest BCUT2D eigenvalue weighted by Crippen LogP contribution is 2.38. The Hall–Kier alpha value is -1.37. The minimum Gasteiger partial charge on any atom is -0.381 e. The molecule has 1 atom stereocenters. The van der Waals surface area contributed by atoms with Crippen LogP contribution in [0, 0.1) is 5.41 Å². The monoisotopic (exact) mass is 316 g/mol. The number of nitrogens with zero attached hydrogens (tertiary/aromatic N) is 4. The van der Waals surface area contributed by atoms with Crippen LogP contribution in [0.5, 0.6) is 0 Å². The Kier molecular flexibility index (Phi) is 3.90. The van der Waals surface area contributed by atoms with Crippen molar-refractivity contribution < 1.29 is 4.74 Å². The zero-order valence-electron chi connectivity index (χ0n) is 12.6. The molecular weight excluding hydrogens is 296 g/mol. The Labute approximate surface area is 134 Å². The van der Waals surface area contributed by atoms with Gasteiger partial charge in [0.15, 0.2) is 10.8 Å². The first-order valence-corrected chi connectivity index (χ1v) is 8.73. The first-order valence-electron chi connectivity index (χ1n) is 7.85. The van der Waals surface area contributed by atoms with Gasteiger partial charge in [-0.1, -0.05) is 0 Å². The van der Waals surface area contributed by atoms with Crippen molar-refractivity contribution in [3.63, 3.8) is 0 Å². The molecule has 0 amide bonds. The molecule has 22 heavy (non-hydrogen) atoms. The molecule has 1 spiro atoms. The molecule has 4 heterocycles. The number of rotatable bonds is 3. The second kappa shape index (κ2) is 6.02. The fraction of sp³-hybridized carbons (Fsp3) is 0.562. The number of likely N-dealkylation sites (tertiary alicyclic amines) is 1. The zero-order valence-corrected chi connectivity index (χ0v) is 13.4. The maximum Gasteiger partial charge on any atom is 0.188 e. The highest BCUT2D eigenvalue weighted by atomic mass is 32.1. The summed E-state index contributed by atoms with van der Waals surface area (Å²) in [6.45, 7) is 5.09. The van der Waals surface area contributed by atoms with Crippen molar-refractivity contribution in [3.05, 3.63) is 29.5 Å². The third kappa shape index (κ3) is 2.91. The molecule has 1 unspecified atom stereocenters. The molecule has 4 rings (SSSR count). The lowest BCUT2D eigenvalue weighted by Crippen LogP contribution is -2.34. The summed E-state index contributed by atoms with van der Waals surface area (Å²) in [5, 5.41) is 3.04. The van der Waals surface area contributed by atoms with Crippen molar-refractivity contribution in [2.45, 2.75) is 25.8 Å². The molecule has 2 aliphatic rings. The van der Waals surface area contributed by atoms with E-state index in [1.54, 1.807) is 23.7 Å². The topological polar surface area (TPSA) is 51.1 Å². The summed E-state index contributed by atoms with van der Waals surface area (Å²) >= 11 is 1.63. The fourth-order valence-electron chi connectivity index (χ4n) is 3.52. The minimum absolute atomic E-state index is 0.402. The Morgan fingerprint density at radius 2 is 2.18 bits per heavy atom. The molecule has 0 bridgehead atoms. The largest absolute Gasteiger partial charge is 0.381 e. The maximum atomic E-state index is 5.71. The van der Waals surface area contributed by atoms with Crippen molar-refractivity contribution >= 4 is 11.3 Å². The van der Waals surface area contributed by atoms with Crippen molar-refractivity contribution in [3.8, 4) is 10.8 Å². The standard InChI is InChI=1S/C16H20N4OS/c1-3-16(12-21-8-1)4-7-20(11-16)9-13-10-22-15(19-13)14-17-5-2-6-18-14/h2,5-6,10H,1,3-4,7-9,11-12H2. The minimum atomic E-state index is 0.402. The highest BCUT2D eigenvalue weighted by molar-refractivity contribution is 7.13. The van der Waals surface area contributed by atoms with Gasteiger partial charge in [0, 0.05) is 42.9 Å². The average molecular weight is 316 g/mol. The molecule has 6 heteroatoms. The van der Waals surface area contributed by atoms with Gasteiger partial charge in [-0.15, -0.1) is 11.3 Å². The van der Waals surface area contributed by atoms with Gasteiger partial charge in [0.05, 0.1) is 12.3 Å². The Balaban J connectivity index is 1.41. The van der Waals surface area contributed by atoms with Gasteiger partial charge in [0.25, 0.3) is 0 Å². The molecule has 0 radical (unpaired) electrons. The van der Waals surface area contributed by atoms with Crippen LogP contribution < -0.4 is 0 Å². The van der Waals surface area contributed by atoms with Crippen molar-refractivity contribution in [2.75, 3.05) is 26.3 Å². The summed E-state index contributed by atoms with van der Waals surface area (Å²) in [4.78, 5) is 15.7. The van der Waals surface area contributed by atoms with Gasteiger partial charge in [-0.3, -0.25) is 4.90 Å². The van der Waals surface area contributed by atoms with Gasteiger partial charge in [-0.05, 0) is 31.9 Å². The van der Waals surface area contributed by atoms with E-state index in [4.69, 9.17) is 9.72 Å². The molecule has 2 aliphatic heterocycles. The molecule has 0 aromatic carbocycles. The van der Waals surface area contributed by atoms with E-state index < -0.39 is 0 Å². The zero-order chi connectivity index (χ0) is 14.8. The molecule has 0 saturated carbocycles. The predicted molar refractivity (Wildman–Crippen MR) is 85.5 cm³/mol. The van der Waals surface area contributed by atoms with Crippen molar-refractivity contribution in [2.24, 2.45) is 5.41 Å². The Morgan fingerprint density at radius 3 is 3.00 bits per heavy atom. The molecule has 5 nitrogen and oxygen atoms in total. The van der Waals surface area contributed by atoms with Crippen LogP contribution in [-0.4, -0.2) is 46.2 Å². The van der Waals surface area contributed by atoms with E-state index in [9.17, 15) is 0 Å². The lowest BCUT2D eigenvalue weighted by Gasteiger charge is -2.33. The van der Waals surface area contributed by atoms with Gasteiger partial charge >= 0.3 is 0 Å². The third-order valence-electron chi connectivity index (χ3n) is 4.62. The van der Waals surface area contributed by atoms with Crippen LogP contribution in [0.25, 0.3) is 10.8 Å². The summed E-state index contributed by atoms with van der Waals surface area (Å²) in [7, 11) is 0. The van der Waals surface area contributed by atoms with Gasteiger partial charge in [0.2, 0.25) is 0 Å². The summed E-state index contributed by atoms with van der Waals surface area (Å²) in [5.74, 6) is 0.720. The van der Waals surface area contributed by atoms with E-state index in [1.807, 2.05) is 6.07 Å². The molecule has 0 aliphatic carbocycles. The van der Waals surface area contributed by atoms with Crippen LogP contribution in [0.4, 0.5) is 0 Å². The number of hydrogen-bond acceptors (Lipinski definition) is 6. The first kappa shape index (κ1) is 14.2. The quantitative estimate of drug-likeness (QED) is 0.871. The molecular formula is C16H20N4OS. The normalized spacial score (nSPS) is 25.8. The Morgan fingerprint density at radius 1 is 1.27 bits per heavy atom. The smallest absolute Gasteiger partial charge is 0.188 e. The van der Waals surface area contributed by atoms with Crippen LogP contribution >= 0.6 is 11.3 Å². The van der Waals surface area contributed by atoms with E-state index in [1.165, 1.54) is 19.3 Å². The van der Waals surface area contributed by atoms with Gasteiger partial charge in [-0.25, -0.2) is 15.0 Å². The van der Waals surface area contributed by atoms with E-state index in [2.05, 4.69) is 20.2 Å². The SMILES string of the molecule is c1cnc(-c2nc(CN3CCC4(CCCOC4)C3)cs2)nc1. The van der Waals surface area contributed by atoms with E-state index in [0.29, 0.717) is 5.41 Å². The average Bonchev–Trinajstić information content (AvgIpc) is 3.17. The summed E-state index contributed by atoms with van der Waals surface area (Å²) in [5.41, 5.74) is 1.53. The van der Waals surface area contributed by atoms with Gasteiger partial charge < -0.3 is 4.74 Å².